The van der Waals surface area contributed by atoms with Crippen LogP contribution in [0.15, 0.2) is 24.3 Å². The van der Waals surface area contributed by atoms with Crippen molar-refractivity contribution in [2.45, 2.75) is 19.4 Å². The maximum absolute atomic E-state index is 5.70. The molecule has 18 heavy (non-hydrogen) atoms. The Morgan fingerprint density at radius 3 is 2.72 bits per heavy atom. The van der Waals surface area contributed by atoms with Crippen LogP contribution in [0.1, 0.15) is 13.8 Å². The van der Waals surface area contributed by atoms with Crippen LogP contribution in [-0.4, -0.2) is 29.2 Å². The van der Waals surface area contributed by atoms with Gasteiger partial charge in [0.05, 0.1) is 11.1 Å². The van der Waals surface area contributed by atoms with Gasteiger partial charge in [-0.1, -0.05) is 12.1 Å². The smallest absolute Gasteiger partial charge is 0.222 e. The Hall–Kier alpha value is -1.88. The van der Waals surface area contributed by atoms with E-state index in [9.17, 15) is 0 Å². The van der Waals surface area contributed by atoms with Crippen molar-refractivity contribution in [3.05, 3.63) is 24.3 Å². The number of nitrogens with two attached hydrogens (primary N) is 1. The lowest BCUT2D eigenvalue weighted by Crippen LogP contribution is -2.32. The molecule has 0 unspecified atom stereocenters. The van der Waals surface area contributed by atoms with Crippen LogP contribution in [-0.2, 0) is 4.74 Å². The summed E-state index contributed by atoms with van der Waals surface area (Å²) in [6, 6.07) is 7.77. The molecule has 1 aromatic carbocycles. The van der Waals surface area contributed by atoms with Crippen LogP contribution in [0.25, 0.3) is 10.9 Å². The number of aromatic nitrogens is 2. The number of benzene rings is 1. The van der Waals surface area contributed by atoms with E-state index in [2.05, 4.69) is 15.3 Å². The van der Waals surface area contributed by atoms with Crippen molar-refractivity contribution < 1.29 is 4.74 Å². The molecule has 0 fully saturated rings. The highest BCUT2D eigenvalue weighted by molar-refractivity contribution is 5.89. The summed E-state index contributed by atoms with van der Waals surface area (Å²) in [5, 5.41) is 4.22. The number of anilines is 2. The van der Waals surface area contributed by atoms with Gasteiger partial charge in [-0.3, -0.25) is 0 Å². The SMILES string of the molecule is COC(C)(C)CNc1nc(N)nc2ccccc12. The first-order valence-corrected chi connectivity index (χ1v) is 5.83. The minimum atomic E-state index is -0.263. The zero-order valence-electron chi connectivity index (χ0n) is 10.9. The number of para-hydroxylation sites is 1. The molecule has 2 rings (SSSR count). The molecule has 2 aromatic rings. The molecule has 0 spiro atoms. The van der Waals surface area contributed by atoms with Gasteiger partial charge in [0.15, 0.2) is 0 Å². The third-order valence-electron chi connectivity index (χ3n) is 2.85. The number of fused-ring (bicyclic) bond motifs is 1. The Morgan fingerprint density at radius 1 is 1.28 bits per heavy atom. The van der Waals surface area contributed by atoms with E-state index in [1.54, 1.807) is 7.11 Å². The highest BCUT2D eigenvalue weighted by atomic mass is 16.5. The maximum atomic E-state index is 5.70. The first-order chi connectivity index (χ1) is 8.52. The summed E-state index contributed by atoms with van der Waals surface area (Å²) < 4.78 is 5.36. The fraction of sp³-hybridized carbons (Fsp3) is 0.385. The van der Waals surface area contributed by atoms with Crippen molar-refractivity contribution >= 4 is 22.7 Å². The minimum Gasteiger partial charge on any atom is -0.377 e. The highest BCUT2D eigenvalue weighted by Gasteiger charge is 2.17. The lowest BCUT2D eigenvalue weighted by molar-refractivity contribution is 0.0343. The van der Waals surface area contributed by atoms with Gasteiger partial charge in [-0.2, -0.15) is 4.98 Å². The Morgan fingerprint density at radius 2 is 2.00 bits per heavy atom. The van der Waals surface area contributed by atoms with Gasteiger partial charge in [0.2, 0.25) is 5.95 Å². The van der Waals surface area contributed by atoms with E-state index in [-0.39, 0.29) is 11.5 Å². The van der Waals surface area contributed by atoms with E-state index >= 15 is 0 Å². The molecule has 5 nitrogen and oxygen atoms in total. The molecule has 1 aromatic heterocycles. The maximum Gasteiger partial charge on any atom is 0.222 e. The Balaban J connectivity index is 2.33. The van der Waals surface area contributed by atoms with E-state index in [1.807, 2.05) is 38.1 Å². The van der Waals surface area contributed by atoms with Crippen LogP contribution in [0.2, 0.25) is 0 Å². The average molecular weight is 246 g/mol. The lowest BCUT2D eigenvalue weighted by atomic mass is 10.1. The second-order valence-electron chi connectivity index (χ2n) is 4.76. The Labute approximate surface area is 106 Å². The second-order valence-corrected chi connectivity index (χ2v) is 4.76. The van der Waals surface area contributed by atoms with E-state index < -0.39 is 0 Å². The topological polar surface area (TPSA) is 73.1 Å². The third-order valence-corrected chi connectivity index (χ3v) is 2.85. The molecular formula is C13H18N4O. The van der Waals surface area contributed by atoms with Crippen LogP contribution in [0, 0.1) is 0 Å². The largest absolute Gasteiger partial charge is 0.377 e. The summed E-state index contributed by atoms with van der Waals surface area (Å²) in [6.07, 6.45) is 0. The van der Waals surface area contributed by atoms with Crippen molar-refractivity contribution in [1.29, 1.82) is 0 Å². The molecule has 0 aliphatic heterocycles. The number of hydrogen-bond acceptors (Lipinski definition) is 5. The number of rotatable bonds is 4. The van der Waals surface area contributed by atoms with Crippen molar-refractivity contribution in [3.8, 4) is 0 Å². The zero-order valence-corrected chi connectivity index (χ0v) is 10.9. The van der Waals surface area contributed by atoms with Gasteiger partial charge in [-0.25, -0.2) is 4.98 Å². The lowest BCUT2D eigenvalue weighted by Gasteiger charge is -2.23. The monoisotopic (exact) mass is 246 g/mol. The third kappa shape index (κ3) is 2.68. The van der Waals surface area contributed by atoms with Crippen LogP contribution in [0.3, 0.4) is 0 Å². The molecule has 1 heterocycles. The van der Waals surface area contributed by atoms with Gasteiger partial charge < -0.3 is 15.8 Å². The molecule has 0 radical (unpaired) electrons. The number of hydrogen-bond donors (Lipinski definition) is 2. The molecule has 5 heteroatoms. The predicted octanol–water partition coefficient (Wildman–Crippen LogP) is 2.05. The molecular weight excluding hydrogens is 228 g/mol. The van der Waals surface area contributed by atoms with Gasteiger partial charge in [-0.05, 0) is 26.0 Å². The van der Waals surface area contributed by atoms with Gasteiger partial charge in [-0.15, -0.1) is 0 Å². The molecule has 0 saturated carbocycles. The summed E-state index contributed by atoms with van der Waals surface area (Å²) in [4.78, 5) is 8.44. The normalized spacial score (nSPS) is 11.7. The minimum absolute atomic E-state index is 0.263. The predicted molar refractivity (Wildman–Crippen MR) is 73.5 cm³/mol. The summed E-state index contributed by atoms with van der Waals surface area (Å²) in [7, 11) is 1.69. The first kappa shape index (κ1) is 12.6. The van der Waals surface area contributed by atoms with Gasteiger partial charge in [0.1, 0.15) is 5.82 Å². The summed E-state index contributed by atoms with van der Waals surface area (Å²) >= 11 is 0. The van der Waals surface area contributed by atoms with Gasteiger partial charge in [0.25, 0.3) is 0 Å². The van der Waals surface area contributed by atoms with E-state index in [0.29, 0.717) is 6.54 Å². The Kier molecular flexibility index (Phi) is 3.34. The molecule has 96 valence electrons. The molecule has 0 saturated heterocycles. The number of nitrogen functional groups attached to an aromatic ring is 1. The van der Waals surface area contributed by atoms with E-state index in [1.165, 1.54) is 0 Å². The van der Waals surface area contributed by atoms with Crippen molar-refractivity contribution in [2.75, 3.05) is 24.7 Å². The molecule has 0 atom stereocenters. The molecule has 0 amide bonds. The number of ether oxygens (including phenoxy) is 1. The molecule has 0 aliphatic rings. The van der Waals surface area contributed by atoms with Crippen molar-refractivity contribution in [1.82, 2.24) is 9.97 Å². The first-order valence-electron chi connectivity index (χ1n) is 5.83. The molecule has 0 aliphatic carbocycles. The van der Waals surface area contributed by atoms with Crippen molar-refractivity contribution in [2.24, 2.45) is 0 Å². The summed E-state index contributed by atoms with van der Waals surface area (Å²) in [6.45, 7) is 4.66. The average Bonchev–Trinajstić information content (AvgIpc) is 2.36. The van der Waals surface area contributed by atoms with Crippen LogP contribution >= 0.6 is 0 Å². The standard InChI is InChI=1S/C13H18N4O/c1-13(2,18-3)8-15-11-9-6-4-5-7-10(9)16-12(14)17-11/h4-7H,8H2,1-3H3,(H3,14,15,16,17). The van der Waals surface area contributed by atoms with Gasteiger partial charge in [0, 0.05) is 19.0 Å². The van der Waals surface area contributed by atoms with E-state index in [4.69, 9.17) is 10.5 Å². The van der Waals surface area contributed by atoms with Crippen LogP contribution in [0.5, 0.6) is 0 Å². The van der Waals surface area contributed by atoms with Crippen LogP contribution in [0.4, 0.5) is 11.8 Å². The summed E-state index contributed by atoms with van der Waals surface area (Å²) in [5.41, 5.74) is 6.28. The molecule has 3 N–H and O–H groups in total. The summed E-state index contributed by atoms with van der Waals surface area (Å²) in [5.74, 6) is 1.01. The van der Waals surface area contributed by atoms with Crippen LogP contribution < -0.4 is 11.1 Å². The number of nitrogens with zero attached hydrogens (tertiary/aromatic N) is 2. The second kappa shape index (κ2) is 4.78. The highest BCUT2D eigenvalue weighted by Crippen LogP contribution is 2.21. The van der Waals surface area contributed by atoms with Crippen molar-refractivity contribution in [3.63, 3.8) is 0 Å². The fourth-order valence-corrected chi connectivity index (χ4v) is 1.60. The zero-order chi connectivity index (χ0) is 13.2. The quantitative estimate of drug-likeness (QED) is 0.863. The van der Waals surface area contributed by atoms with Gasteiger partial charge >= 0.3 is 0 Å². The number of nitrogens with one attached hydrogen (secondary N) is 1. The fourth-order valence-electron chi connectivity index (χ4n) is 1.60. The van der Waals surface area contributed by atoms with E-state index in [0.717, 1.165) is 16.7 Å². The number of methoxy groups -OCH3 is 1. The Bertz CT molecular complexity index is 554. The molecule has 0 bridgehead atoms.